The number of thioether (sulfide) groups is 1. The van der Waals surface area contributed by atoms with Gasteiger partial charge in [0.25, 0.3) is 0 Å². The molecule has 1 N–H and O–H groups in total. The second-order valence-electron chi connectivity index (χ2n) is 3.44. The number of rotatable bonds is 3. The molecule has 1 fully saturated rings. The lowest BCUT2D eigenvalue weighted by Gasteiger charge is -2.07. The van der Waals surface area contributed by atoms with Crippen molar-refractivity contribution in [3.63, 3.8) is 0 Å². The van der Waals surface area contributed by atoms with Gasteiger partial charge in [0.15, 0.2) is 0 Å². The summed E-state index contributed by atoms with van der Waals surface area (Å²) < 4.78 is 5.27. The first-order valence-electron chi connectivity index (χ1n) is 4.83. The Labute approximate surface area is 92.4 Å². The summed E-state index contributed by atoms with van der Waals surface area (Å²) in [5, 5.41) is 9.30. The van der Waals surface area contributed by atoms with Crippen LogP contribution in [0.25, 0.3) is 0 Å². The molecule has 1 aliphatic heterocycles. The van der Waals surface area contributed by atoms with Gasteiger partial charge in [0, 0.05) is 16.8 Å². The lowest BCUT2D eigenvalue weighted by Crippen LogP contribution is -2.01. The summed E-state index contributed by atoms with van der Waals surface area (Å²) in [6.07, 6.45) is 1.04. The largest absolute Gasteiger partial charge is 0.478 e. The second-order valence-corrected chi connectivity index (χ2v) is 4.81. The third kappa shape index (κ3) is 2.73. The fraction of sp³-hybridized carbons (Fsp3) is 0.364. The Balaban J connectivity index is 2.07. The van der Waals surface area contributed by atoms with E-state index < -0.39 is 5.97 Å². The first-order valence-corrected chi connectivity index (χ1v) is 5.71. The van der Waals surface area contributed by atoms with Gasteiger partial charge >= 0.3 is 5.97 Å². The summed E-state index contributed by atoms with van der Waals surface area (Å²) in [5.74, 6) is -0.875. The highest BCUT2D eigenvalue weighted by atomic mass is 32.2. The number of carbonyl (C=O) groups is 1. The molecule has 2 rings (SSSR count). The molecular formula is C11H12O3S. The minimum atomic E-state index is -0.875. The van der Waals surface area contributed by atoms with Gasteiger partial charge in [0.2, 0.25) is 0 Å². The maximum atomic E-state index is 10.8. The normalized spacial score (nSPS) is 20.4. The molecule has 15 heavy (non-hydrogen) atoms. The van der Waals surface area contributed by atoms with Crippen molar-refractivity contribution in [2.75, 3.05) is 13.2 Å². The Bertz CT molecular complexity index is 359. The van der Waals surface area contributed by atoms with Gasteiger partial charge in [-0.2, -0.15) is 0 Å². The number of carboxylic acids is 1. The topological polar surface area (TPSA) is 46.5 Å². The van der Waals surface area contributed by atoms with Crippen LogP contribution in [0, 0.1) is 0 Å². The molecule has 1 atom stereocenters. The Morgan fingerprint density at radius 3 is 3.07 bits per heavy atom. The van der Waals surface area contributed by atoms with Gasteiger partial charge < -0.3 is 9.84 Å². The standard InChI is InChI=1S/C11H12O3S/c12-11(13)8-2-1-3-9(6-8)15-10-4-5-14-7-10/h1-3,6,10H,4-5,7H2,(H,12,13). The van der Waals surface area contributed by atoms with E-state index in [4.69, 9.17) is 9.84 Å². The highest BCUT2D eigenvalue weighted by Crippen LogP contribution is 2.28. The summed E-state index contributed by atoms with van der Waals surface area (Å²) >= 11 is 1.69. The SMILES string of the molecule is O=C(O)c1cccc(SC2CCOC2)c1. The molecular weight excluding hydrogens is 212 g/mol. The molecule has 0 spiro atoms. The molecule has 0 bridgehead atoms. The predicted octanol–water partition coefficient (Wildman–Crippen LogP) is 2.27. The van der Waals surface area contributed by atoms with E-state index in [9.17, 15) is 4.79 Å². The minimum Gasteiger partial charge on any atom is -0.478 e. The van der Waals surface area contributed by atoms with E-state index in [1.165, 1.54) is 0 Å². The van der Waals surface area contributed by atoms with Gasteiger partial charge in [-0.3, -0.25) is 0 Å². The van der Waals surface area contributed by atoms with Crippen LogP contribution in [0.2, 0.25) is 0 Å². The maximum absolute atomic E-state index is 10.8. The summed E-state index contributed by atoms with van der Waals surface area (Å²) in [6, 6.07) is 7.04. The van der Waals surface area contributed by atoms with Crippen molar-refractivity contribution in [3.05, 3.63) is 29.8 Å². The van der Waals surface area contributed by atoms with Crippen molar-refractivity contribution in [3.8, 4) is 0 Å². The maximum Gasteiger partial charge on any atom is 0.335 e. The molecule has 1 heterocycles. The van der Waals surface area contributed by atoms with Crippen LogP contribution in [0.15, 0.2) is 29.2 Å². The van der Waals surface area contributed by atoms with Crippen LogP contribution >= 0.6 is 11.8 Å². The van der Waals surface area contributed by atoms with Crippen molar-refractivity contribution >= 4 is 17.7 Å². The van der Waals surface area contributed by atoms with Crippen LogP contribution in [-0.2, 0) is 4.74 Å². The molecule has 3 nitrogen and oxygen atoms in total. The van der Waals surface area contributed by atoms with Crippen LogP contribution in [0.4, 0.5) is 0 Å². The van der Waals surface area contributed by atoms with Crippen LogP contribution in [0.5, 0.6) is 0 Å². The highest BCUT2D eigenvalue weighted by Gasteiger charge is 2.17. The van der Waals surface area contributed by atoms with Gasteiger partial charge in [-0.15, -0.1) is 11.8 Å². The van der Waals surface area contributed by atoms with Crippen LogP contribution in [-0.4, -0.2) is 29.5 Å². The zero-order valence-corrected chi connectivity index (χ0v) is 9.00. The fourth-order valence-electron chi connectivity index (χ4n) is 1.50. The molecule has 80 valence electrons. The quantitative estimate of drug-likeness (QED) is 0.855. The molecule has 0 amide bonds. The Kier molecular flexibility index (Phi) is 3.28. The van der Waals surface area contributed by atoms with Crippen molar-refractivity contribution in [1.29, 1.82) is 0 Å². The Morgan fingerprint density at radius 2 is 2.40 bits per heavy atom. The van der Waals surface area contributed by atoms with E-state index >= 15 is 0 Å². The van der Waals surface area contributed by atoms with Crippen LogP contribution < -0.4 is 0 Å². The van der Waals surface area contributed by atoms with E-state index in [1.54, 1.807) is 30.0 Å². The van der Waals surface area contributed by atoms with Gasteiger partial charge in [0.1, 0.15) is 0 Å². The lowest BCUT2D eigenvalue weighted by atomic mass is 10.2. The smallest absolute Gasteiger partial charge is 0.335 e. The molecule has 0 radical (unpaired) electrons. The monoisotopic (exact) mass is 224 g/mol. The zero-order chi connectivity index (χ0) is 10.7. The molecule has 0 saturated carbocycles. The number of carboxylic acid groups (broad SMARTS) is 1. The van der Waals surface area contributed by atoms with E-state index in [-0.39, 0.29) is 0 Å². The average molecular weight is 224 g/mol. The van der Waals surface area contributed by atoms with E-state index in [0.29, 0.717) is 10.8 Å². The Morgan fingerprint density at radius 1 is 1.53 bits per heavy atom. The number of hydrogen-bond acceptors (Lipinski definition) is 3. The number of aromatic carboxylic acids is 1. The van der Waals surface area contributed by atoms with Crippen molar-refractivity contribution in [2.24, 2.45) is 0 Å². The second kappa shape index (κ2) is 4.68. The van der Waals surface area contributed by atoms with Gasteiger partial charge in [0.05, 0.1) is 12.2 Å². The summed E-state index contributed by atoms with van der Waals surface area (Å²) in [7, 11) is 0. The van der Waals surface area contributed by atoms with Crippen LogP contribution in [0.3, 0.4) is 0 Å². The van der Waals surface area contributed by atoms with E-state index in [2.05, 4.69) is 0 Å². The number of ether oxygens (including phenoxy) is 1. The van der Waals surface area contributed by atoms with E-state index in [1.807, 2.05) is 6.07 Å². The van der Waals surface area contributed by atoms with Gasteiger partial charge in [-0.05, 0) is 24.6 Å². The first kappa shape index (κ1) is 10.5. The van der Waals surface area contributed by atoms with Crippen molar-refractivity contribution in [2.45, 2.75) is 16.6 Å². The molecule has 0 aliphatic carbocycles. The molecule has 1 unspecified atom stereocenters. The molecule has 0 aromatic heterocycles. The summed E-state index contributed by atoms with van der Waals surface area (Å²) in [5.41, 5.74) is 0.346. The Hall–Kier alpha value is -1.00. The number of hydrogen-bond donors (Lipinski definition) is 1. The molecule has 1 aromatic carbocycles. The molecule has 1 aromatic rings. The zero-order valence-electron chi connectivity index (χ0n) is 8.18. The third-order valence-corrected chi connectivity index (χ3v) is 3.50. The first-order chi connectivity index (χ1) is 7.25. The number of benzene rings is 1. The summed E-state index contributed by atoms with van der Waals surface area (Å²) in [4.78, 5) is 11.8. The van der Waals surface area contributed by atoms with Crippen molar-refractivity contribution < 1.29 is 14.6 Å². The summed E-state index contributed by atoms with van der Waals surface area (Å²) in [6.45, 7) is 1.58. The molecule has 1 saturated heterocycles. The minimum absolute atomic E-state index is 0.346. The highest BCUT2D eigenvalue weighted by molar-refractivity contribution is 8.00. The van der Waals surface area contributed by atoms with Crippen molar-refractivity contribution in [1.82, 2.24) is 0 Å². The average Bonchev–Trinajstić information content (AvgIpc) is 2.71. The lowest BCUT2D eigenvalue weighted by molar-refractivity contribution is 0.0696. The molecule has 1 aliphatic rings. The van der Waals surface area contributed by atoms with Gasteiger partial charge in [-0.1, -0.05) is 6.07 Å². The predicted molar refractivity (Wildman–Crippen MR) is 58.5 cm³/mol. The van der Waals surface area contributed by atoms with E-state index in [0.717, 1.165) is 24.5 Å². The molecule has 4 heteroatoms. The van der Waals surface area contributed by atoms with Gasteiger partial charge in [-0.25, -0.2) is 4.79 Å². The fourth-order valence-corrected chi connectivity index (χ4v) is 2.62. The van der Waals surface area contributed by atoms with Crippen LogP contribution in [0.1, 0.15) is 16.8 Å². The third-order valence-electron chi connectivity index (χ3n) is 2.27.